The maximum absolute atomic E-state index is 11.7. The molecule has 0 aromatic heterocycles. The second kappa shape index (κ2) is 7.02. The zero-order chi connectivity index (χ0) is 14.3. The Balaban J connectivity index is 2.50. The SMILES string of the molecule is Cc1cc(OCCOC(F)(F)F)ccc1C#CCO. The highest BCUT2D eigenvalue weighted by molar-refractivity contribution is 5.44. The standard InChI is InChI=1S/C13H13F3O3/c1-10-9-12(5-4-11(10)3-2-6-17)18-7-8-19-13(14,15)16/h4-5,9,17H,6-8H2,1H3. The van der Waals surface area contributed by atoms with Crippen LogP contribution in [0.2, 0.25) is 0 Å². The Morgan fingerprint density at radius 1 is 1.26 bits per heavy atom. The lowest BCUT2D eigenvalue weighted by molar-refractivity contribution is -0.325. The van der Waals surface area contributed by atoms with Crippen LogP contribution in [0.3, 0.4) is 0 Å². The first-order chi connectivity index (χ1) is 8.92. The summed E-state index contributed by atoms with van der Waals surface area (Å²) in [6.07, 6.45) is -4.64. The number of aliphatic hydroxyl groups is 1. The van der Waals surface area contributed by atoms with E-state index in [2.05, 4.69) is 16.6 Å². The van der Waals surface area contributed by atoms with Gasteiger partial charge in [-0.3, -0.25) is 4.74 Å². The summed E-state index contributed by atoms with van der Waals surface area (Å²) in [6, 6.07) is 4.94. The van der Waals surface area contributed by atoms with Gasteiger partial charge in [0.05, 0.1) is 6.61 Å². The second-order valence-corrected chi connectivity index (χ2v) is 3.58. The Labute approximate surface area is 109 Å². The Morgan fingerprint density at radius 3 is 2.58 bits per heavy atom. The fourth-order valence-electron chi connectivity index (χ4n) is 1.32. The van der Waals surface area contributed by atoms with Gasteiger partial charge in [0.15, 0.2) is 0 Å². The molecule has 0 saturated heterocycles. The molecule has 3 nitrogen and oxygen atoms in total. The van der Waals surface area contributed by atoms with E-state index in [0.717, 1.165) is 11.1 Å². The number of hydrogen-bond donors (Lipinski definition) is 1. The molecule has 1 aromatic rings. The van der Waals surface area contributed by atoms with Gasteiger partial charge in [-0.1, -0.05) is 11.8 Å². The summed E-state index contributed by atoms with van der Waals surface area (Å²) in [6.45, 7) is 0.808. The van der Waals surface area contributed by atoms with Crippen molar-refractivity contribution >= 4 is 0 Å². The van der Waals surface area contributed by atoms with Crippen LogP contribution in [0.1, 0.15) is 11.1 Å². The van der Waals surface area contributed by atoms with Gasteiger partial charge in [-0.25, -0.2) is 0 Å². The van der Waals surface area contributed by atoms with E-state index in [1.54, 1.807) is 25.1 Å². The Morgan fingerprint density at radius 2 is 2.00 bits per heavy atom. The van der Waals surface area contributed by atoms with Gasteiger partial charge in [-0.15, -0.1) is 13.2 Å². The zero-order valence-corrected chi connectivity index (χ0v) is 10.3. The van der Waals surface area contributed by atoms with Crippen molar-refractivity contribution in [3.05, 3.63) is 29.3 Å². The third-order valence-electron chi connectivity index (χ3n) is 2.12. The smallest absolute Gasteiger partial charge is 0.491 e. The largest absolute Gasteiger partial charge is 0.522 e. The highest BCUT2D eigenvalue weighted by Crippen LogP contribution is 2.18. The lowest BCUT2D eigenvalue weighted by atomic mass is 10.1. The molecule has 0 bridgehead atoms. The van der Waals surface area contributed by atoms with E-state index >= 15 is 0 Å². The number of halogens is 3. The van der Waals surface area contributed by atoms with Gasteiger partial charge in [-0.05, 0) is 30.7 Å². The predicted molar refractivity (Wildman–Crippen MR) is 62.6 cm³/mol. The first-order valence-corrected chi connectivity index (χ1v) is 5.46. The molecule has 0 unspecified atom stereocenters. The summed E-state index contributed by atoms with van der Waals surface area (Å²) in [5.41, 5.74) is 1.54. The quantitative estimate of drug-likeness (QED) is 0.676. The molecule has 19 heavy (non-hydrogen) atoms. The van der Waals surface area contributed by atoms with E-state index in [0.29, 0.717) is 5.75 Å². The number of rotatable bonds is 4. The predicted octanol–water partition coefficient (Wildman–Crippen LogP) is 2.25. The molecule has 0 fully saturated rings. The summed E-state index contributed by atoms with van der Waals surface area (Å²) >= 11 is 0. The van der Waals surface area contributed by atoms with Gasteiger partial charge >= 0.3 is 6.36 Å². The van der Waals surface area contributed by atoms with Gasteiger partial charge in [0, 0.05) is 5.56 Å². The van der Waals surface area contributed by atoms with E-state index in [1.165, 1.54) is 0 Å². The van der Waals surface area contributed by atoms with Crippen LogP contribution in [0.5, 0.6) is 5.75 Å². The molecular formula is C13H13F3O3. The molecule has 0 radical (unpaired) electrons. The molecule has 1 aromatic carbocycles. The maximum Gasteiger partial charge on any atom is 0.522 e. The Bertz CT molecular complexity index is 472. The maximum atomic E-state index is 11.7. The molecule has 0 aliphatic rings. The van der Waals surface area contributed by atoms with Crippen LogP contribution in [-0.2, 0) is 4.74 Å². The fourth-order valence-corrected chi connectivity index (χ4v) is 1.32. The number of benzene rings is 1. The lowest BCUT2D eigenvalue weighted by Gasteiger charge is -2.09. The number of aliphatic hydroxyl groups excluding tert-OH is 1. The molecule has 1 N–H and O–H groups in total. The van der Waals surface area contributed by atoms with E-state index in [4.69, 9.17) is 9.84 Å². The minimum atomic E-state index is -4.64. The summed E-state index contributed by atoms with van der Waals surface area (Å²) < 4.78 is 43.8. The van der Waals surface area contributed by atoms with Gasteiger partial charge in [0.2, 0.25) is 0 Å². The van der Waals surface area contributed by atoms with Gasteiger partial charge < -0.3 is 9.84 Å². The third-order valence-corrected chi connectivity index (χ3v) is 2.12. The number of aryl methyl sites for hydroxylation is 1. The van der Waals surface area contributed by atoms with Gasteiger partial charge in [0.1, 0.15) is 19.0 Å². The molecule has 0 amide bonds. The fraction of sp³-hybridized carbons (Fsp3) is 0.385. The topological polar surface area (TPSA) is 38.7 Å². The summed E-state index contributed by atoms with van der Waals surface area (Å²) in [4.78, 5) is 0. The molecule has 104 valence electrons. The van der Waals surface area contributed by atoms with Crippen LogP contribution < -0.4 is 4.74 Å². The van der Waals surface area contributed by atoms with Crippen LogP contribution in [0.15, 0.2) is 18.2 Å². The van der Waals surface area contributed by atoms with Crippen molar-refractivity contribution in [2.45, 2.75) is 13.3 Å². The van der Waals surface area contributed by atoms with E-state index in [1.807, 2.05) is 0 Å². The van der Waals surface area contributed by atoms with Crippen molar-refractivity contribution in [2.75, 3.05) is 19.8 Å². The van der Waals surface area contributed by atoms with Crippen LogP contribution in [0.4, 0.5) is 13.2 Å². The summed E-state index contributed by atoms with van der Waals surface area (Å²) in [7, 11) is 0. The van der Waals surface area contributed by atoms with E-state index in [9.17, 15) is 13.2 Å². The molecule has 0 spiro atoms. The molecule has 0 aliphatic heterocycles. The molecule has 6 heteroatoms. The zero-order valence-electron chi connectivity index (χ0n) is 10.3. The molecule has 0 aliphatic carbocycles. The monoisotopic (exact) mass is 274 g/mol. The second-order valence-electron chi connectivity index (χ2n) is 3.58. The minimum absolute atomic E-state index is 0.194. The third kappa shape index (κ3) is 6.13. The van der Waals surface area contributed by atoms with Crippen LogP contribution >= 0.6 is 0 Å². The van der Waals surface area contributed by atoms with Crippen molar-refractivity contribution in [3.8, 4) is 17.6 Å². The highest BCUT2D eigenvalue weighted by atomic mass is 19.4. The van der Waals surface area contributed by atoms with Crippen molar-refractivity contribution < 1.29 is 27.8 Å². The summed E-state index contributed by atoms with van der Waals surface area (Å²) in [5, 5.41) is 8.58. The lowest BCUT2D eigenvalue weighted by Crippen LogP contribution is -2.18. The van der Waals surface area contributed by atoms with Crippen LogP contribution in [0, 0.1) is 18.8 Å². The van der Waals surface area contributed by atoms with Crippen molar-refractivity contribution in [2.24, 2.45) is 0 Å². The number of hydrogen-bond acceptors (Lipinski definition) is 3. The van der Waals surface area contributed by atoms with Crippen molar-refractivity contribution in [3.63, 3.8) is 0 Å². The average molecular weight is 274 g/mol. The van der Waals surface area contributed by atoms with Gasteiger partial charge in [-0.2, -0.15) is 0 Å². The summed E-state index contributed by atoms with van der Waals surface area (Å²) in [5.74, 6) is 5.70. The van der Waals surface area contributed by atoms with Crippen LogP contribution in [-0.4, -0.2) is 31.3 Å². The van der Waals surface area contributed by atoms with Crippen LogP contribution in [0.25, 0.3) is 0 Å². The van der Waals surface area contributed by atoms with E-state index < -0.39 is 13.0 Å². The average Bonchev–Trinajstić information content (AvgIpc) is 2.32. The molecular weight excluding hydrogens is 261 g/mol. The van der Waals surface area contributed by atoms with E-state index in [-0.39, 0.29) is 13.2 Å². The first-order valence-electron chi connectivity index (χ1n) is 5.46. The molecule has 1 rings (SSSR count). The minimum Gasteiger partial charge on any atom is -0.491 e. The van der Waals surface area contributed by atoms with Crippen molar-refractivity contribution in [1.82, 2.24) is 0 Å². The van der Waals surface area contributed by atoms with Gasteiger partial charge in [0.25, 0.3) is 0 Å². The number of alkyl halides is 3. The first kappa shape index (κ1) is 15.3. The number of ether oxygens (including phenoxy) is 2. The Kier molecular flexibility index (Phi) is 5.67. The normalized spacial score (nSPS) is 10.8. The molecule has 0 heterocycles. The molecule has 0 saturated carbocycles. The highest BCUT2D eigenvalue weighted by Gasteiger charge is 2.28. The Hall–Kier alpha value is -1.71. The molecule has 0 atom stereocenters. The van der Waals surface area contributed by atoms with Crippen molar-refractivity contribution in [1.29, 1.82) is 0 Å².